The van der Waals surface area contributed by atoms with Crippen molar-refractivity contribution < 1.29 is 27.9 Å². The van der Waals surface area contributed by atoms with Gasteiger partial charge in [-0.2, -0.15) is 9.37 Å². The van der Waals surface area contributed by atoms with Gasteiger partial charge < -0.3 is 29.3 Å². The van der Waals surface area contributed by atoms with Gasteiger partial charge in [0.2, 0.25) is 5.95 Å². The van der Waals surface area contributed by atoms with Crippen LogP contribution in [0.15, 0.2) is 30.5 Å². The molecule has 1 N–H and O–H groups in total. The number of anilines is 2. The number of nitrogens with zero attached hydrogens (tertiary/aromatic N) is 6. The third kappa shape index (κ3) is 6.62. The first-order chi connectivity index (χ1) is 19.7. The van der Waals surface area contributed by atoms with Crippen LogP contribution in [0.5, 0.6) is 0 Å². The van der Waals surface area contributed by atoms with Crippen LogP contribution in [0.4, 0.5) is 25.1 Å². The van der Waals surface area contributed by atoms with Gasteiger partial charge in [-0.3, -0.25) is 9.59 Å². The first-order valence-corrected chi connectivity index (χ1v) is 13.5. The summed E-state index contributed by atoms with van der Waals surface area (Å²) >= 11 is 6.42. The number of ether oxygens (including phenoxy) is 1. The van der Waals surface area contributed by atoms with Crippen LogP contribution in [0.1, 0.15) is 41.7 Å². The van der Waals surface area contributed by atoms with E-state index in [0.29, 0.717) is 31.9 Å². The zero-order valence-corrected chi connectivity index (χ0v) is 24.9. The van der Waals surface area contributed by atoms with E-state index in [9.17, 15) is 23.2 Å². The molecule has 0 unspecified atom stereocenters. The minimum absolute atomic E-state index is 0.0689. The first-order valence-electron chi connectivity index (χ1n) is 13.1. The van der Waals surface area contributed by atoms with E-state index >= 15 is 0 Å². The lowest BCUT2D eigenvalue weighted by Crippen LogP contribution is -2.51. The van der Waals surface area contributed by atoms with Gasteiger partial charge in [0.25, 0.3) is 11.8 Å². The predicted molar refractivity (Wildman–Crippen MR) is 154 cm³/mol. The summed E-state index contributed by atoms with van der Waals surface area (Å²) in [5, 5.41) is 2.78. The summed E-state index contributed by atoms with van der Waals surface area (Å²) in [6, 6.07) is 5.47. The molecule has 1 saturated heterocycles. The van der Waals surface area contributed by atoms with Crippen molar-refractivity contribution in [1.29, 1.82) is 0 Å². The lowest BCUT2D eigenvalue weighted by Gasteiger charge is -2.35. The van der Waals surface area contributed by atoms with E-state index in [-0.39, 0.29) is 39.4 Å². The Morgan fingerprint density at radius 1 is 1.05 bits per heavy atom. The van der Waals surface area contributed by atoms with Crippen molar-refractivity contribution in [3.63, 3.8) is 0 Å². The summed E-state index contributed by atoms with van der Waals surface area (Å²) in [7, 11) is 4.58. The van der Waals surface area contributed by atoms with E-state index in [2.05, 4.69) is 15.3 Å². The molecule has 11 nitrogen and oxygen atoms in total. The van der Waals surface area contributed by atoms with E-state index in [1.54, 1.807) is 44.7 Å². The summed E-state index contributed by atoms with van der Waals surface area (Å²) in [5.74, 6) is -2.79. The maximum Gasteiger partial charge on any atom is 0.410 e. The van der Waals surface area contributed by atoms with Gasteiger partial charge in [-0.1, -0.05) is 11.6 Å². The molecule has 3 amide bonds. The number of pyridine rings is 1. The fraction of sp³-hybridized carbons (Fsp3) is 0.393. The molecule has 224 valence electrons. The third-order valence-electron chi connectivity index (χ3n) is 6.48. The number of piperazine rings is 1. The molecule has 42 heavy (non-hydrogen) atoms. The molecule has 1 aromatic carbocycles. The van der Waals surface area contributed by atoms with Gasteiger partial charge in [0, 0.05) is 53.0 Å². The number of nitrogens with one attached hydrogen (secondary N) is 1. The quantitative estimate of drug-likeness (QED) is 0.430. The van der Waals surface area contributed by atoms with E-state index in [0.717, 1.165) is 6.07 Å². The number of benzene rings is 1. The first kappa shape index (κ1) is 30.7. The van der Waals surface area contributed by atoms with Crippen molar-refractivity contribution in [1.82, 2.24) is 24.3 Å². The van der Waals surface area contributed by atoms with Crippen LogP contribution in [-0.4, -0.2) is 88.1 Å². The van der Waals surface area contributed by atoms with Crippen molar-refractivity contribution in [3.8, 4) is 11.3 Å². The fourth-order valence-electron chi connectivity index (χ4n) is 4.36. The number of carbonyl (C=O) groups excluding carboxylic acids is 3. The largest absolute Gasteiger partial charge is 0.444 e. The fourth-order valence-corrected chi connectivity index (χ4v) is 4.63. The second-order valence-corrected chi connectivity index (χ2v) is 11.4. The molecule has 1 fully saturated rings. The van der Waals surface area contributed by atoms with Gasteiger partial charge in [0.15, 0.2) is 17.5 Å². The monoisotopic (exact) mass is 603 g/mol. The highest BCUT2D eigenvalue weighted by Gasteiger charge is 2.29. The maximum atomic E-state index is 14.7. The van der Waals surface area contributed by atoms with Gasteiger partial charge in [0.05, 0.1) is 28.0 Å². The minimum atomic E-state index is -0.909. The number of hydrogen-bond acceptors (Lipinski definition) is 7. The zero-order chi connectivity index (χ0) is 30.9. The number of imidazole rings is 1. The van der Waals surface area contributed by atoms with Crippen LogP contribution in [-0.2, 0) is 11.8 Å². The Hall–Kier alpha value is -4.26. The van der Waals surface area contributed by atoms with Crippen LogP contribution >= 0.6 is 11.6 Å². The van der Waals surface area contributed by atoms with Crippen molar-refractivity contribution in [2.45, 2.75) is 26.4 Å². The molecule has 4 rings (SSSR count). The number of rotatable bonds is 5. The normalized spacial score (nSPS) is 13.6. The second-order valence-electron chi connectivity index (χ2n) is 11.0. The molecule has 14 heteroatoms. The molecule has 1 aliphatic heterocycles. The summed E-state index contributed by atoms with van der Waals surface area (Å²) in [6.07, 6.45) is 0.824. The van der Waals surface area contributed by atoms with Crippen LogP contribution in [0.2, 0.25) is 5.02 Å². The summed E-state index contributed by atoms with van der Waals surface area (Å²) in [5.41, 5.74) is -0.0635. The molecule has 0 saturated carbocycles. The average molecular weight is 604 g/mol. The molecule has 0 atom stereocenters. The second kappa shape index (κ2) is 11.9. The van der Waals surface area contributed by atoms with Gasteiger partial charge in [-0.15, -0.1) is 0 Å². The van der Waals surface area contributed by atoms with Crippen LogP contribution in [0.25, 0.3) is 11.3 Å². The van der Waals surface area contributed by atoms with Gasteiger partial charge in [-0.05, 0) is 45.0 Å². The molecule has 0 aliphatic carbocycles. The number of aromatic nitrogens is 3. The van der Waals surface area contributed by atoms with Crippen LogP contribution in [0.3, 0.4) is 0 Å². The van der Waals surface area contributed by atoms with E-state index in [1.807, 2.05) is 0 Å². The van der Waals surface area contributed by atoms with Gasteiger partial charge in [0.1, 0.15) is 5.60 Å². The van der Waals surface area contributed by atoms with E-state index in [1.165, 1.54) is 40.9 Å². The summed E-state index contributed by atoms with van der Waals surface area (Å²) in [6.45, 7) is 6.64. The van der Waals surface area contributed by atoms with Crippen molar-refractivity contribution >= 4 is 41.0 Å². The molecular formula is C28H32ClF2N7O4. The smallest absolute Gasteiger partial charge is 0.410 e. The Kier molecular flexibility index (Phi) is 8.71. The minimum Gasteiger partial charge on any atom is -0.444 e. The number of halogens is 3. The van der Waals surface area contributed by atoms with E-state index < -0.39 is 29.4 Å². The Morgan fingerprint density at radius 3 is 2.29 bits per heavy atom. The molecule has 3 aromatic rings. The zero-order valence-electron chi connectivity index (χ0n) is 24.2. The maximum absolute atomic E-state index is 14.7. The van der Waals surface area contributed by atoms with Crippen molar-refractivity contribution in [2.24, 2.45) is 7.05 Å². The number of carbonyl (C=O) groups is 3. The lowest BCUT2D eigenvalue weighted by molar-refractivity contribution is 0.0141. The summed E-state index contributed by atoms with van der Waals surface area (Å²) < 4.78 is 35.9. The highest BCUT2D eigenvalue weighted by molar-refractivity contribution is 6.34. The molecule has 0 spiro atoms. The predicted octanol–water partition coefficient (Wildman–Crippen LogP) is 4.42. The Morgan fingerprint density at radius 2 is 1.69 bits per heavy atom. The van der Waals surface area contributed by atoms with Crippen LogP contribution < -0.4 is 10.2 Å². The number of amides is 3. The Balaban J connectivity index is 1.42. The molecule has 2 aromatic heterocycles. The standard InChI is InChI=1S/C28H32ClF2N7O4/c1-28(2,3)42-27(41)38-11-9-37(10-12-38)26(40)17-8-7-16(13-19(17)29)33-25(39)24-32-15-21(36(24)6)18-14-20(30)23(35(4)5)34-22(18)31/h7-8,13-15H,9-12H2,1-6H3,(H,33,39). The van der Waals surface area contributed by atoms with Gasteiger partial charge >= 0.3 is 6.09 Å². The SMILES string of the molecule is CN(C)c1nc(F)c(-c2cnc(C(=O)Nc3ccc(C(=O)N4CCN(C(=O)OC(C)(C)C)CC4)c(Cl)c3)n2C)cc1F. The molecule has 0 radical (unpaired) electrons. The molecule has 1 aliphatic rings. The molecule has 3 heterocycles. The molecular weight excluding hydrogens is 572 g/mol. The third-order valence-corrected chi connectivity index (χ3v) is 6.79. The molecule has 0 bridgehead atoms. The van der Waals surface area contributed by atoms with Crippen molar-refractivity contribution in [3.05, 3.63) is 58.6 Å². The van der Waals surface area contributed by atoms with Crippen LogP contribution in [0, 0.1) is 11.8 Å². The lowest BCUT2D eigenvalue weighted by atomic mass is 10.1. The summed E-state index contributed by atoms with van der Waals surface area (Å²) in [4.78, 5) is 50.6. The van der Waals surface area contributed by atoms with Gasteiger partial charge in [-0.25, -0.2) is 14.2 Å². The van der Waals surface area contributed by atoms with Crippen molar-refractivity contribution in [2.75, 3.05) is 50.5 Å². The highest BCUT2D eigenvalue weighted by atomic mass is 35.5. The Bertz CT molecular complexity index is 1530. The topological polar surface area (TPSA) is 113 Å². The highest BCUT2D eigenvalue weighted by Crippen LogP contribution is 2.28. The average Bonchev–Trinajstić information content (AvgIpc) is 3.29. The Labute approximate surface area is 247 Å². The number of hydrogen-bond donors (Lipinski definition) is 1. The van der Waals surface area contributed by atoms with E-state index in [4.69, 9.17) is 16.3 Å².